The van der Waals surface area contributed by atoms with Gasteiger partial charge in [0.05, 0.1) is 5.02 Å². The molecule has 0 spiro atoms. The zero-order valence-corrected chi connectivity index (χ0v) is 10.7. The molecule has 0 atom stereocenters. The molecule has 0 aromatic heterocycles. The minimum Gasteiger partial charge on any atom is -0.205 e. The van der Waals surface area contributed by atoms with Gasteiger partial charge in [-0.05, 0) is 36.3 Å². The van der Waals surface area contributed by atoms with E-state index in [1.165, 1.54) is 19.3 Å². The Bertz CT molecular complexity index is 355. The maximum absolute atomic E-state index is 13.7. The van der Waals surface area contributed by atoms with Gasteiger partial charge in [0.2, 0.25) is 0 Å². The second-order valence-electron chi connectivity index (χ2n) is 4.38. The summed E-state index contributed by atoms with van der Waals surface area (Å²) < 4.78 is 13.7. The van der Waals surface area contributed by atoms with Gasteiger partial charge in [-0.1, -0.05) is 46.1 Å². The van der Waals surface area contributed by atoms with Gasteiger partial charge in [0.15, 0.2) is 0 Å². The minimum atomic E-state index is -0.244. The van der Waals surface area contributed by atoms with Crippen molar-refractivity contribution >= 4 is 27.5 Å². The Balaban J connectivity index is 2.20. The first-order chi connectivity index (χ1) is 7.17. The summed E-state index contributed by atoms with van der Waals surface area (Å²) in [7, 11) is 0. The van der Waals surface area contributed by atoms with Crippen molar-refractivity contribution in [1.29, 1.82) is 0 Å². The summed E-state index contributed by atoms with van der Waals surface area (Å²) in [5, 5.41) is 1.18. The molecule has 0 amide bonds. The second kappa shape index (κ2) is 4.42. The summed E-state index contributed by atoms with van der Waals surface area (Å²) in [4.78, 5) is 0. The van der Waals surface area contributed by atoms with Crippen LogP contribution in [0.5, 0.6) is 0 Å². The molecule has 0 nitrogen and oxygen atoms in total. The van der Waals surface area contributed by atoms with Crippen LogP contribution in [0.4, 0.5) is 4.39 Å². The number of benzene rings is 1. The fourth-order valence-electron chi connectivity index (χ4n) is 2.12. The summed E-state index contributed by atoms with van der Waals surface area (Å²) in [5.74, 6) is -0.244. The van der Waals surface area contributed by atoms with Crippen LogP contribution in [0.2, 0.25) is 5.02 Å². The van der Waals surface area contributed by atoms with Gasteiger partial charge in [-0.2, -0.15) is 0 Å². The maximum Gasteiger partial charge on any atom is 0.144 e. The van der Waals surface area contributed by atoms with Gasteiger partial charge >= 0.3 is 0 Å². The highest BCUT2D eigenvalue weighted by molar-refractivity contribution is 9.09. The SMILES string of the molecule is Fc1c(Cl)cccc1CC1(CBr)CCC1. The minimum absolute atomic E-state index is 0.233. The van der Waals surface area contributed by atoms with Crippen molar-refractivity contribution in [2.45, 2.75) is 25.7 Å². The summed E-state index contributed by atoms with van der Waals surface area (Å²) in [5.41, 5.74) is 1.02. The van der Waals surface area contributed by atoms with E-state index in [1.807, 2.05) is 12.1 Å². The largest absolute Gasteiger partial charge is 0.205 e. The average Bonchev–Trinajstić information content (AvgIpc) is 2.18. The average molecular weight is 292 g/mol. The monoisotopic (exact) mass is 290 g/mol. The Hall–Kier alpha value is -0.0800. The Morgan fingerprint density at radius 2 is 2.13 bits per heavy atom. The predicted octanol–water partition coefficient (Wildman–Crippen LogP) is 4.59. The molecule has 1 aromatic carbocycles. The van der Waals surface area contributed by atoms with E-state index in [-0.39, 0.29) is 16.3 Å². The summed E-state index contributed by atoms with van der Waals surface area (Å²) in [6.45, 7) is 0. The Labute approximate surface area is 103 Å². The Kier molecular flexibility index (Phi) is 3.36. The number of alkyl halides is 1. The third kappa shape index (κ3) is 2.21. The summed E-state index contributed by atoms with van der Waals surface area (Å²) in [6.07, 6.45) is 4.42. The molecule has 1 aromatic rings. The first kappa shape index (κ1) is 11.4. The van der Waals surface area contributed by atoms with E-state index in [0.29, 0.717) is 0 Å². The lowest BCUT2D eigenvalue weighted by Gasteiger charge is -2.40. The van der Waals surface area contributed by atoms with Crippen LogP contribution >= 0.6 is 27.5 Å². The highest BCUT2D eigenvalue weighted by Gasteiger charge is 2.36. The fourth-order valence-corrected chi connectivity index (χ4v) is 3.08. The lowest BCUT2D eigenvalue weighted by molar-refractivity contribution is 0.168. The van der Waals surface area contributed by atoms with Crippen molar-refractivity contribution in [3.8, 4) is 0 Å². The molecule has 0 saturated heterocycles. The van der Waals surface area contributed by atoms with E-state index in [1.54, 1.807) is 6.07 Å². The molecule has 0 unspecified atom stereocenters. The quantitative estimate of drug-likeness (QED) is 0.715. The predicted molar refractivity (Wildman–Crippen MR) is 65.2 cm³/mol. The van der Waals surface area contributed by atoms with Crippen LogP contribution in [0.3, 0.4) is 0 Å². The Morgan fingerprint density at radius 1 is 1.40 bits per heavy atom. The first-order valence-corrected chi connectivity index (χ1v) is 6.66. The van der Waals surface area contributed by atoms with Crippen LogP contribution in [-0.4, -0.2) is 5.33 Å². The lowest BCUT2D eigenvalue weighted by Crippen LogP contribution is -2.33. The first-order valence-electron chi connectivity index (χ1n) is 5.16. The third-order valence-corrected chi connectivity index (χ3v) is 4.78. The van der Waals surface area contributed by atoms with Gasteiger partial charge in [-0.25, -0.2) is 4.39 Å². The number of hydrogen-bond donors (Lipinski definition) is 0. The van der Waals surface area contributed by atoms with Gasteiger partial charge in [0.25, 0.3) is 0 Å². The van der Waals surface area contributed by atoms with Crippen LogP contribution in [0.25, 0.3) is 0 Å². The molecule has 2 rings (SSSR count). The zero-order valence-electron chi connectivity index (χ0n) is 8.40. The number of rotatable bonds is 3. The van der Waals surface area contributed by atoms with Gasteiger partial charge in [0.1, 0.15) is 5.82 Å². The maximum atomic E-state index is 13.7. The van der Waals surface area contributed by atoms with Crippen molar-refractivity contribution in [2.75, 3.05) is 5.33 Å². The highest BCUT2D eigenvalue weighted by Crippen LogP contribution is 2.45. The molecule has 1 fully saturated rings. The molecule has 1 aliphatic rings. The smallest absolute Gasteiger partial charge is 0.144 e. The van der Waals surface area contributed by atoms with Gasteiger partial charge in [-0.3, -0.25) is 0 Å². The van der Waals surface area contributed by atoms with E-state index in [2.05, 4.69) is 15.9 Å². The number of hydrogen-bond acceptors (Lipinski definition) is 0. The zero-order chi connectivity index (χ0) is 10.9. The van der Waals surface area contributed by atoms with Crippen molar-refractivity contribution < 1.29 is 4.39 Å². The van der Waals surface area contributed by atoms with Crippen LogP contribution in [0, 0.1) is 11.2 Å². The van der Waals surface area contributed by atoms with Crippen molar-refractivity contribution in [2.24, 2.45) is 5.41 Å². The molecule has 1 aliphatic carbocycles. The normalized spacial score (nSPS) is 18.6. The van der Waals surface area contributed by atoms with Crippen LogP contribution in [0.1, 0.15) is 24.8 Å². The third-order valence-electron chi connectivity index (χ3n) is 3.29. The van der Waals surface area contributed by atoms with Crippen LogP contribution in [-0.2, 0) is 6.42 Å². The van der Waals surface area contributed by atoms with Gasteiger partial charge < -0.3 is 0 Å². The molecular formula is C12H13BrClF. The molecule has 15 heavy (non-hydrogen) atoms. The Morgan fingerprint density at radius 3 is 2.67 bits per heavy atom. The van der Waals surface area contributed by atoms with Crippen molar-refractivity contribution in [3.63, 3.8) is 0 Å². The highest BCUT2D eigenvalue weighted by atomic mass is 79.9. The molecule has 0 heterocycles. The molecule has 0 radical (unpaired) electrons. The molecule has 1 saturated carbocycles. The molecule has 0 aliphatic heterocycles. The number of halogens is 3. The van der Waals surface area contributed by atoms with Gasteiger partial charge in [-0.15, -0.1) is 0 Å². The molecular weight excluding hydrogens is 278 g/mol. The molecule has 3 heteroatoms. The van der Waals surface area contributed by atoms with Crippen molar-refractivity contribution in [1.82, 2.24) is 0 Å². The van der Waals surface area contributed by atoms with Crippen LogP contribution in [0.15, 0.2) is 18.2 Å². The molecule has 82 valence electrons. The standard InChI is InChI=1S/C12H13BrClF/c13-8-12(5-2-6-12)7-9-3-1-4-10(14)11(9)15/h1,3-4H,2,5-8H2. The van der Waals surface area contributed by atoms with Crippen molar-refractivity contribution in [3.05, 3.63) is 34.6 Å². The topological polar surface area (TPSA) is 0 Å². The van der Waals surface area contributed by atoms with E-state index >= 15 is 0 Å². The van der Waals surface area contributed by atoms with E-state index in [9.17, 15) is 4.39 Å². The summed E-state index contributed by atoms with van der Waals surface area (Å²) in [6, 6.07) is 5.26. The van der Waals surface area contributed by atoms with Gasteiger partial charge in [0, 0.05) is 5.33 Å². The lowest BCUT2D eigenvalue weighted by atomic mass is 9.67. The summed E-state index contributed by atoms with van der Waals surface area (Å²) >= 11 is 9.29. The molecule has 0 bridgehead atoms. The van der Waals surface area contributed by atoms with E-state index in [4.69, 9.17) is 11.6 Å². The van der Waals surface area contributed by atoms with E-state index in [0.717, 1.165) is 17.3 Å². The van der Waals surface area contributed by atoms with E-state index < -0.39 is 0 Å². The fraction of sp³-hybridized carbons (Fsp3) is 0.500. The molecule has 0 N–H and O–H groups in total. The second-order valence-corrected chi connectivity index (χ2v) is 5.34. The van der Waals surface area contributed by atoms with Crippen LogP contribution < -0.4 is 0 Å².